The number of quaternary nitrogens is 1. The maximum absolute atomic E-state index is 13.5. The van der Waals surface area contributed by atoms with Crippen LogP contribution in [0.2, 0.25) is 0 Å². The van der Waals surface area contributed by atoms with Crippen LogP contribution in [-0.4, -0.2) is 49.7 Å². The summed E-state index contributed by atoms with van der Waals surface area (Å²) in [5.74, 6) is -0.501. The third-order valence-corrected chi connectivity index (χ3v) is 7.12. The molecule has 142 valence electrons. The molecule has 0 aromatic heterocycles. The third kappa shape index (κ3) is 2.09. The van der Waals surface area contributed by atoms with E-state index in [2.05, 4.69) is 24.3 Å². The molecule has 2 heterocycles. The van der Waals surface area contributed by atoms with Gasteiger partial charge < -0.3 is 9.64 Å². The van der Waals surface area contributed by atoms with Gasteiger partial charge in [0.2, 0.25) is 11.8 Å². The predicted molar refractivity (Wildman–Crippen MR) is 102 cm³/mol. The Morgan fingerprint density at radius 3 is 1.64 bits per heavy atom. The minimum Gasteiger partial charge on any atom is -0.370 e. The van der Waals surface area contributed by atoms with Crippen LogP contribution in [0.25, 0.3) is 0 Å². The average molecular weight is 375 g/mol. The first-order chi connectivity index (χ1) is 13.8. The lowest BCUT2D eigenvalue weighted by Gasteiger charge is -2.45. The van der Waals surface area contributed by atoms with E-state index < -0.39 is 0 Å². The first-order valence-corrected chi connectivity index (χ1v) is 10.2. The van der Waals surface area contributed by atoms with E-state index >= 15 is 0 Å². The van der Waals surface area contributed by atoms with Gasteiger partial charge in [-0.15, -0.1) is 0 Å². The van der Waals surface area contributed by atoms with Crippen molar-refractivity contribution in [2.24, 2.45) is 11.8 Å². The van der Waals surface area contributed by atoms with Gasteiger partial charge in [0, 0.05) is 11.8 Å². The Labute approximate surface area is 163 Å². The van der Waals surface area contributed by atoms with E-state index in [9.17, 15) is 9.59 Å². The van der Waals surface area contributed by atoms with Crippen molar-refractivity contribution in [3.05, 3.63) is 70.8 Å². The third-order valence-electron chi connectivity index (χ3n) is 7.12. The van der Waals surface area contributed by atoms with Crippen molar-refractivity contribution in [2.75, 3.05) is 33.0 Å². The Kier molecular flexibility index (Phi) is 3.52. The first-order valence-electron chi connectivity index (χ1n) is 10.2. The van der Waals surface area contributed by atoms with Crippen molar-refractivity contribution in [1.82, 2.24) is 4.90 Å². The minimum absolute atomic E-state index is 0.0106. The Morgan fingerprint density at radius 1 is 0.786 bits per heavy atom. The molecular formula is C23H23N2O3+. The summed E-state index contributed by atoms with van der Waals surface area (Å²) in [4.78, 5) is 29.8. The molecule has 2 saturated heterocycles. The summed E-state index contributed by atoms with van der Waals surface area (Å²) in [6.07, 6.45) is 0. The molecule has 2 fully saturated rings. The molecule has 3 aliphatic carbocycles. The van der Waals surface area contributed by atoms with Crippen LogP contribution in [0.5, 0.6) is 0 Å². The Morgan fingerprint density at radius 2 is 1.21 bits per heavy atom. The molecule has 2 amide bonds. The zero-order chi connectivity index (χ0) is 18.8. The zero-order valence-corrected chi connectivity index (χ0v) is 15.6. The van der Waals surface area contributed by atoms with Crippen LogP contribution in [0.4, 0.5) is 0 Å². The molecule has 1 N–H and O–H groups in total. The monoisotopic (exact) mass is 375 g/mol. The van der Waals surface area contributed by atoms with Gasteiger partial charge in [-0.3, -0.25) is 9.59 Å². The number of hydrogen-bond acceptors (Lipinski definition) is 3. The molecule has 0 unspecified atom stereocenters. The summed E-state index contributed by atoms with van der Waals surface area (Å²) < 4.78 is 5.43. The molecule has 5 nitrogen and oxygen atoms in total. The molecule has 28 heavy (non-hydrogen) atoms. The highest BCUT2D eigenvalue weighted by Crippen LogP contribution is 2.60. The highest BCUT2D eigenvalue weighted by molar-refractivity contribution is 6.07. The number of likely N-dealkylation sites (tertiary alicyclic amines) is 1. The zero-order valence-electron chi connectivity index (χ0n) is 15.6. The summed E-state index contributed by atoms with van der Waals surface area (Å²) in [6, 6.07) is 16.8. The second kappa shape index (κ2) is 6.00. The van der Waals surface area contributed by atoms with E-state index in [0.29, 0.717) is 19.9 Å². The standard InChI is InChI=1S/C23H22N2O3/c26-22-20-18-14-5-1-2-6-15(14)19(17-8-4-3-7-16(17)18)21(20)23(27)25(22)13-24-9-11-28-12-10-24/h1-8,18-21H,9-13H2/p+1/t18?,19?,20-,21-/m1/s1. The SMILES string of the molecule is O=C1[C@@H]2C3c4ccccc4C(c4ccccc43)[C@H]2C(=O)N1C[NH+]1CCOCC1. The fourth-order valence-electron chi connectivity index (χ4n) is 5.94. The summed E-state index contributed by atoms with van der Waals surface area (Å²) in [5.41, 5.74) is 4.92. The lowest BCUT2D eigenvalue weighted by Crippen LogP contribution is -3.15. The van der Waals surface area contributed by atoms with Crippen LogP contribution in [0.1, 0.15) is 34.1 Å². The molecule has 2 aromatic carbocycles. The molecule has 7 rings (SSSR count). The lowest BCUT2D eigenvalue weighted by molar-refractivity contribution is -0.915. The normalized spacial score (nSPS) is 30.9. The van der Waals surface area contributed by atoms with E-state index in [0.717, 1.165) is 13.1 Å². The summed E-state index contributed by atoms with van der Waals surface area (Å²) in [5, 5.41) is 0. The Bertz CT molecular complexity index is 866. The van der Waals surface area contributed by atoms with Crippen molar-refractivity contribution in [2.45, 2.75) is 11.8 Å². The second-order valence-corrected chi connectivity index (χ2v) is 8.39. The maximum Gasteiger partial charge on any atom is 0.238 e. The number of ether oxygens (including phenoxy) is 1. The highest BCUT2D eigenvalue weighted by atomic mass is 16.5. The number of rotatable bonds is 2. The number of hydrogen-bond donors (Lipinski definition) is 1. The summed E-state index contributed by atoms with van der Waals surface area (Å²) in [7, 11) is 0. The van der Waals surface area contributed by atoms with Gasteiger partial charge in [0.25, 0.3) is 0 Å². The average Bonchev–Trinajstić information content (AvgIpc) is 3.00. The fraction of sp³-hybridized carbons (Fsp3) is 0.391. The van der Waals surface area contributed by atoms with E-state index in [1.165, 1.54) is 27.2 Å². The molecule has 2 bridgehead atoms. The number of nitrogens with one attached hydrogen (secondary N) is 1. The molecule has 0 spiro atoms. The number of carbonyl (C=O) groups excluding carboxylic acids is 2. The number of carbonyl (C=O) groups is 2. The van der Waals surface area contributed by atoms with Gasteiger partial charge in [-0.25, -0.2) is 4.90 Å². The van der Waals surface area contributed by atoms with Gasteiger partial charge in [-0.1, -0.05) is 48.5 Å². The van der Waals surface area contributed by atoms with E-state index in [1.807, 2.05) is 24.3 Å². The first kappa shape index (κ1) is 16.5. The quantitative estimate of drug-likeness (QED) is 0.789. The van der Waals surface area contributed by atoms with Crippen LogP contribution in [0, 0.1) is 11.8 Å². The largest absolute Gasteiger partial charge is 0.370 e. The van der Waals surface area contributed by atoms with E-state index in [1.54, 1.807) is 4.90 Å². The Balaban J connectivity index is 1.45. The van der Waals surface area contributed by atoms with E-state index in [-0.39, 0.29) is 35.5 Å². The van der Waals surface area contributed by atoms with Gasteiger partial charge in [0.15, 0.2) is 6.67 Å². The summed E-state index contributed by atoms with van der Waals surface area (Å²) in [6.45, 7) is 3.56. The molecule has 2 aliphatic heterocycles. The topological polar surface area (TPSA) is 51.0 Å². The molecule has 2 aromatic rings. The van der Waals surface area contributed by atoms with Gasteiger partial charge in [-0.2, -0.15) is 0 Å². The van der Waals surface area contributed by atoms with Crippen LogP contribution in [0.3, 0.4) is 0 Å². The van der Waals surface area contributed by atoms with Crippen LogP contribution in [-0.2, 0) is 14.3 Å². The van der Waals surface area contributed by atoms with Crippen molar-refractivity contribution >= 4 is 11.8 Å². The summed E-state index contributed by atoms with van der Waals surface area (Å²) >= 11 is 0. The van der Waals surface area contributed by atoms with Crippen molar-refractivity contribution in [1.29, 1.82) is 0 Å². The maximum atomic E-state index is 13.5. The van der Waals surface area contributed by atoms with Gasteiger partial charge in [0.1, 0.15) is 13.1 Å². The van der Waals surface area contributed by atoms with E-state index in [4.69, 9.17) is 4.74 Å². The van der Waals surface area contributed by atoms with Crippen LogP contribution >= 0.6 is 0 Å². The van der Waals surface area contributed by atoms with Crippen molar-refractivity contribution in [3.8, 4) is 0 Å². The fourth-order valence-corrected chi connectivity index (χ4v) is 5.94. The van der Waals surface area contributed by atoms with Gasteiger partial charge >= 0.3 is 0 Å². The van der Waals surface area contributed by atoms with Crippen molar-refractivity contribution in [3.63, 3.8) is 0 Å². The molecule has 5 aliphatic rings. The number of imide groups is 1. The number of nitrogens with zero attached hydrogens (tertiary/aromatic N) is 1. The van der Waals surface area contributed by atoms with Gasteiger partial charge in [0.05, 0.1) is 25.0 Å². The van der Waals surface area contributed by atoms with Crippen LogP contribution in [0.15, 0.2) is 48.5 Å². The molecule has 0 radical (unpaired) electrons. The lowest BCUT2D eigenvalue weighted by atomic mass is 9.55. The van der Waals surface area contributed by atoms with Crippen LogP contribution < -0.4 is 4.90 Å². The van der Waals surface area contributed by atoms with Crippen molar-refractivity contribution < 1.29 is 19.2 Å². The molecule has 0 saturated carbocycles. The van der Waals surface area contributed by atoms with Gasteiger partial charge in [-0.05, 0) is 22.3 Å². The smallest absolute Gasteiger partial charge is 0.238 e. The Hall–Kier alpha value is -2.50. The molecule has 5 heteroatoms. The predicted octanol–water partition coefficient (Wildman–Crippen LogP) is 0.751. The second-order valence-electron chi connectivity index (χ2n) is 8.39. The number of benzene rings is 2. The number of amides is 2. The highest BCUT2D eigenvalue weighted by Gasteiger charge is 2.61. The minimum atomic E-state index is -0.261. The molecule has 2 atom stereocenters. The number of morpholine rings is 1. The molecular weight excluding hydrogens is 352 g/mol.